The van der Waals surface area contributed by atoms with Gasteiger partial charge in [0.15, 0.2) is 17.3 Å². The molecule has 0 radical (unpaired) electrons. The second-order valence-corrected chi connectivity index (χ2v) is 9.24. The zero-order chi connectivity index (χ0) is 26.8. The summed E-state index contributed by atoms with van der Waals surface area (Å²) in [6.45, 7) is 0. The predicted molar refractivity (Wildman–Crippen MR) is 146 cm³/mol. The molecule has 1 aliphatic heterocycles. The molecule has 0 saturated heterocycles. The number of benzene rings is 3. The average Bonchev–Trinajstić information content (AvgIpc) is 3.12. The Morgan fingerprint density at radius 2 is 1.42 bits per heavy atom. The number of carbonyl (C=O) groups excluding carboxylic acids is 1. The van der Waals surface area contributed by atoms with E-state index in [1.165, 1.54) is 0 Å². The predicted octanol–water partition coefficient (Wildman–Crippen LogP) is 5.71. The number of ether oxygens (including phenoxy) is 5. The molecular weight excluding hydrogens is 484 g/mol. The molecule has 0 saturated carbocycles. The van der Waals surface area contributed by atoms with E-state index in [1.807, 2.05) is 54.6 Å². The average molecular weight is 517 g/mol. The monoisotopic (exact) mass is 516 g/mol. The number of allylic oxidation sites excluding steroid dienone is 1. The van der Waals surface area contributed by atoms with Crippen molar-refractivity contribution in [1.82, 2.24) is 0 Å². The van der Waals surface area contributed by atoms with Crippen LogP contribution < -0.4 is 34.3 Å². The molecule has 3 aromatic carbocycles. The first-order chi connectivity index (χ1) is 18.5. The van der Waals surface area contributed by atoms with Crippen molar-refractivity contribution < 1.29 is 28.5 Å². The van der Waals surface area contributed by atoms with Crippen LogP contribution in [0.1, 0.15) is 35.9 Å². The number of carbonyl (C=O) groups is 1. The third-order valence-corrected chi connectivity index (χ3v) is 7.22. The lowest BCUT2D eigenvalue weighted by molar-refractivity contribution is -0.116. The van der Waals surface area contributed by atoms with E-state index in [4.69, 9.17) is 23.7 Å². The normalized spacial score (nSPS) is 18.3. The highest BCUT2D eigenvalue weighted by Crippen LogP contribution is 2.48. The van der Waals surface area contributed by atoms with Crippen LogP contribution >= 0.6 is 0 Å². The van der Waals surface area contributed by atoms with Gasteiger partial charge in [0.05, 0.1) is 53.0 Å². The molecule has 1 aliphatic carbocycles. The Kier molecular flexibility index (Phi) is 7.05. The highest BCUT2D eigenvalue weighted by atomic mass is 16.5. The number of hydrogen-bond donors (Lipinski definition) is 2. The molecule has 0 bridgehead atoms. The number of ketones is 1. The molecule has 198 valence electrons. The van der Waals surface area contributed by atoms with Gasteiger partial charge in [0.1, 0.15) is 11.5 Å². The molecule has 0 aromatic heterocycles. The summed E-state index contributed by atoms with van der Waals surface area (Å²) >= 11 is 0. The number of rotatable bonds is 7. The molecule has 8 nitrogen and oxygen atoms in total. The summed E-state index contributed by atoms with van der Waals surface area (Å²) in [6.07, 6.45) is 0.969. The van der Waals surface area contributed by atoms with E-state index in [-0.39, 0.29) is 11.7 Å². The van der Waals surface area contributed by atoms with Gasteiger partial charge in [0.25, 0.3) is 0 Å². The highest BCUT2D eigenvalue weighted by molar-refractivity contribution is 6.01. The van der Waals surface area contributed by atoms with Gasteiger partial charge < -0.3 is 34.3 Å². The number of hydrogen-bond acceptors (Lipinski definition) is 8. The van der Waals surface area contributed by atoms with Crippen LogP contribution in [0, 0.1) is 0 Å². The smallest absolute Gasteiger partial charge is 0.203 e. The molecule has 1 heterocycles. The summed E-state index contributed by atoms with van der Waals surface area (Å²) < 4.78 is 27.8. The summed E-state index contributed by atoms with van der Waals surface area (Å²) in [6, 6.07) is 17.1. The van der Waals surface area contributed by atoms with Crippen molar-refractivity contribution in [3.8, 4) is 28.7 Å². The summed E-state index contributed by atoms with van der Waals surface area (Å²) in [7, 11) is 8.01. The third-order valence-electron chi connectivity index (χ3n) is 7.22. The highest BCUT2D eigenvalue weighted by Gasteiger charge is 2.37. The van der Waals surface area contributed by atoms with Crippen molar-refractivity contribution in [3.05, 3.63) is 77.0 Å². The number of anilines is 2. The first-order valence-electron chi connectivity index (χ1n) is 12.4. The Morgan fingerprint density at radius 1 is 0.737 bits per heavy atom. The van der Waals surface area contributed by atoms with Gasteiger partial charge in [0.2, 0.25) is 5.75 Å². The lowest BCUT2D eigenvalue weighted by atomic mass is 9.78. The molecule has 0 fully saturated rings. The summed E-state index contributed by atoms with van der Waals surface area (Å²) in [5, 5.41) is 7.18. The van der Waals surface area contributed by atoms with E-state index in [0.717, 1.165) is 28.2 Å². The number of methoxy groups -OCH3 is 5. The van der Waals surface area contributed by atoms with Crippen LogP contribution in [-0.4, -0.2) is 41.3 Å². The molecule has 38 heavy (non-hydrogen) atoms. The maximum atomic E-state index is 14.0. The number of para-hydroxylation sites is 2. The zero-order valence-electron chi connectivity index (χ0n) is 22.2. The lowest BCUT2D eigenvalue weighted by Crippen LogP contribution is -2.27. The second-order valence-electron chi connectivity index (χ2n) is 9.24. The van der Waals surface area contributed by atoms with Crippen LogP contribution in [-0.2, 0) is 4.79 Å². The minimum Gasteiger partial charge on any atom is -0.497 e. The van der Waals surface area contributed by atoms with Crippen LogP contribution in [0.25, 0.3) is 0 Å². The maximum absolute atomic E-state index is 14.0. The van der Waals surface area contributed by atoms with E-state index in [1.54, 1.807) is 35.5 Å². The Bertz CT molecular complexity index is 1370. The summed E-state index contributed by atoms with van der Waals surface area (Å²) in [5.74, 6) is 2.97. The van der Waals surface area contributed by atoms with Crippen molar-refractivity contribution in [3.63, 3.8) is 0 Å². The standard InChI is InChI=1S/C30H32N2O6/c1-34-19-10-11-20(25(16-19)35-2)29-28-23(31-21-8-6-7-9-22(21)32-29)12-17(13-24(28)33)18-14-26(36-3)30(38-5)27(15-18)37-4/h6-11,14-17,29,31-32H,12-13H2,1-5H3. The number of fused-ring (bicyclic) bond motifs is 1. The summed E-state index contributed by atoms with van der Waals surface area (Å²) in [5.41, 5.74) is 5.20. The minimum atomic E-state index is -0.407. The Morgan fingerprint density at radius 3 is 2.05 bits per heavy atom. The van der Waals surface area contributed by atoms with Crippen LogP contribution in [0.2, 0.25) is 0 Å². The largest absolute Gasteiger partial charge is 0.497 e. The Balaban J connectivity index is 1.62. The molecule has 0 spiro atoms. The summed E-state index contributed by atoms with van der Waals surface area (Å²) in [4.78, 5) is 14.0. The minimum absolute atomic E-state index is 0.0562. The van der Waals surface area contributed by atoms with E-state index < -0.39 is 6.04 Å². The molecule has 2 aliphatic rings. The fourth-order valence-electron chi connectivity index (χ4n) is 5.36. The van der Waals surface area contributed by atoms with Crippen molar-refractivity contribution in [2.45, 2.75) is 24.8 Å². The molecule has 2 N–H and O–H groups in total. The second kappa shape index (κ2) is 10.6. The maximum Gasteiger partial charge on any atom is 0.203 e. The first-order valence-corrected chi connectivity index (χ1v) is 12.4. The molecule has 2 unspecified atom stereocenters. The quantitative estimate of drug-likeness (QED) is 0.413. The van der Waals surface area contributed by atoms with E-state index in [2.05, 4.69) is 10.6 Å². The van der Waals surface area contributed by atoms with Crippen molar-refractivity contribution >= 4 is 17.2 Å². The van der Waals surface area contributed by atoms with Crippen molar-refractivity contribution in [1.29, 1.82) is 0 Å². The topological polar surface area (TPSA) is 87.3 Å². The van der Waals surface area contributed by atoms with E-state index >= 15 is 0 Å². The molecule has 2 atom stereocenters. The van der Waals surface area contributed by atoms with Crippen LogP contribution in [0.15, 0.2) is 65.9 Å². The number of nitrogens with one attached hydrogen (secondary N) is 2. The SMILES string of the molecule is COc1ccc(C2Nc3ccccc3NC3=C2C(=O)CC(c2cc(OC)c(OC)c(OC)c2)C3)c(OC)c1. The lowest BCUT2D eigenvalue weighted by Gasteiger charge is -2.31. The third kappa shape index (κ3) is 4.47. The van der Waals surface area contributed by atoms with Gasteiger partial charge in [-0.05, 0) is 54.3 Å². The number of Topliss-reactive ketones (excluding diaryl/α,β-unsaturated/α-hetero) is 1. The van der Waals surface area contributed by atoms with Gasteiger partial charge in [-0.3, -0.25) is 4.79 Å². The first kappa shape index (κ1) is 25.3. The van der Waals surface area contributed by atoms with Crippen LogP contribution in [0.3, 0.4) is 0 Å². The fraction of sp³-hybridized carbons (Fsp3) is 0.300. The van der Waals surface area contributed by atoms with Gasteiger partial charge >= 0.3 is 0 Å². The van der Waals surface area contributed by atoms with Gasteiger partial charge in [0, 0.05) is 29.3 Å². The molecular formula is C30H32N2O6. The van der Waals surface area contributed by atoms with E-state index in [9.17, 15) is 4.79 Å². The Hall–Kier alpha value is -4.33. The van der Waals surface area contributed by atoms with Crippen molar-refractivity contribution in [2.75, 3.05) is 46.2 Å². The van der Waals surface area contributed by atoms with Gasteiger partial charge in [-0.25, -0.2) is 0 Å². The molecule has 5 rings (SSSR count). The Labute approximate surface area is 222 Å². The molecule has 0 amide bonds. The zero-order valence-corrected chi connectivity index (χ0v) is 22.2. The van der Waals surface area contributed by atoms with E-state index in [0.29, 0.717) is 47.2 Å². The van der Waals surface area contributed by atoms with Gasteiger partial charge in [-0.1, -0.05) is 12.1 Å². The van der Waals surface area contributed by atoms with Crippen molar-refractivity contribution in [2.24, 2.45) is 0 Å². The van der Waals surface area contributed by atoms with Gasteiger partial charge in [-0.15, -0.1) is 0 Å². The van der Waals surface area contributed by atoms with Crippen LogP contribution in [0.5, 0.6) is 28.7 Å². The van der Waals surface area contributed by atoms with Crippen LogP contribution in [0.4, 0.5) is 11.4 Å². The molecule has 3 aromatic rings. The van der Waals surface area contributed by atoms with Gasteiger partial charge in [-0.2, -0.15) is 0 Å². The fourth-order valence-corrected chi connectivity index (χ4v) is 5.36. The molecule has 8 heteroatoms.